The fourth-order valence-corrected chi connectivity index (χ4v) is 3.37. The smallest absolute Gasteiger partial charge is 0.293 e. The van der Waals surface area contributed by atoms with Crippen LogP contribution in [0.4, 0.5) is 5.82 Å². The second kappa shape index (κ2) is 6.18. The van der Waals surface area contributed by atoms with Gasteiger partial charge in [0.25, 0.3) is 5.56 Å². The van der Waals surface area contributed by atoms with Crippen LogP contribution in [-0.2, 0) is 5.54 Å². The molecule has 1 saturated carbocycles. The maximum absolute atomic E-state index is 12.8. The van der Waals surface area contributed by atoms with Crippen molar-refractivity contribution in [3.05, 3.63) is 22.7 Å². The van der Waals surface area contributed by atoms with Gasteiger partial charge in [-0.05, 0) is 53.0 Å². The van der Waals surface area contributed by atoms with Crippen molar-refractivity contribution >= 4 is 5.82 Å². The predicted octanol–water partition coefficient (Wildman–Crippen LogP) is 1.95. The highest BCUT2D eigenvalue weighted by molar-refractivity contribution is 5.38. The zero-order valence-electron chi connectivity index (χ0n) is 13.7. The van der Waals surface area contributed by atoms with E-state index in [0.717, 1.165) is 19.4 Å². The Morgan fingerprint density at radius 1 is 1.43 bits per heavy atom. The molecule has 0 spiro atoms. The van der Waals surface area contributed by atoms with E-state index in [1.807, 2.05) is 20.8 Å². The van der Waals surface area contributed by atoms with Crippen LogP contribution in [0.2, 0.25) is 0 Å². The predicted molar refractivity (Wildman–Crippen MR) is 86.7 cm³/mol. The number of anilines is 1. The van der Waals surface area contributed by atoms with E-state index < -0.39 is 0 Å². The summed E-state index contributed by atoms with van der Waals surface area (Å²) in [4.78, 5) is 19.3. The molecule has 2 unspecified atom stereocenters. The van der Waals surface area contributed by atoms with Gasteiger partial charge in [-0.3, -0.25) is 4.79 Å². The highest BCUT2D eigenvalue weighted by Gasteiger charge is 2.33. The number of nitrogens with zero attached hydrogens (tertiary/aromatic N) is 3. The average molecular weight is 292 g/mol. The molecule has 1 aliphatic carbocycles. The molecule has 0 aliphatic heterocycles. The van der Waals surface area contributed by atoms with E-state index in [9.17, 15) is 4.79 Å². The molecule has 118 valence electrons. The van der Waals surface area contributed by atoms with Gasteiger partial charge in [0, 0.05) is 30.5 Å². The molecule has 1 fully saturated rings. The summed E-state index contributed by atoms with van der Waals surface area (Å²) in [5.41, 5.74) is 5.66. The van der Waals surface area contributed by atoms with Crippen molar-refractivity contribution in [1.29, 1.82) is 0 Å². The van der Waals surface area contributed by atoms with Crippen LogP contribution in [-0.4, -0.2) is 28.7 Å². The minimum atomic E-state index is -0.239. The molecular weight excluding hydrogens is 264 g/mol. The lowest BCUT2D eigenvalue weighted by Gasteiger charge is -2.33. The summed E-state index contributed by atoms with van der Waals surface area (Å²) in [6.07, 6.45) is 6.94. The first-order chi connectivity index (χ1) is 9.90. The van der Waals surface area contributed by atoms with Crippen LogP contribution in [0.1, 0.15) is 47.0 Å². The first-order valence-electron chi connectivity index (χ1n) is 7.95. The van der Waals surface area contributed by atoms with Crippen molar-refractivity contribution in [3.8, 4) is 0 Å². The van der Waals surface area contributed by atoms with Crippen LogP contribution in [0.5, 0.6) is 0 Å². The maximum Gasteiger partial charge on any atom is 0.293 e. The first-order valence-corrected chi connectivity index (χ1v) is 7.95. The molecule has 1 heterocycles. The molecule has 5 nitrogen and oxygen atoms in total. The molecular formula is C16H28N4O. The van der Waals surface area contributed by atoms with E-state index in [-0.39, 0.29) is 11.1 Å². The van der Waals surface area contributed by atoms with Crippen LogP contribution in [0.25, 0.3) is 0 Å². The summed E-state index contributed by atoms with van der Waals surface area (Å²) in [5.74, 6) is 1.04. The standard InChI is InChI=1S/C16H28N4O/c1-5-19(13-8-6-7-12(13)11-17)14-15(21)20(10-9-18-14)16(2,3)4/h9-10,12-13H,5-8,11,17H2,1-4H3. The maximum atomic E-state index is 12.8. The van der Waals surface area contributed by atoms with Crippen molar-refractivity contribution in [2.45, 2.75) is 58.5 Å². The van der Waals surface area contributed by atoms with Gasteiger partial charge in [-0.1, -0.05) is 6.42 Å². The molecule has 2 atom stereocenters. The molecule has 5 heteroatoms. The van der Waals surface area contributed by atoms with E-state index in [1.165, 1.54) is 6.42 Å². The summed E-state index contributed by atoms with van der Waals surface area (Å²) in [5, 5.41) is 0. The molecule has 21 heavy (non-hydrogen) atoms. The van der Waals surface area contributed by atoms with E-state index >= 15 is 0 Å². The molecule has 0 saturated heterocycles. The summed E-state index contributed by atoms with van der Waals surface area (Å²) in [7, 11) is 0. The molecule has 0 bridgehead atoms. The molecule has 2 rings (SSSR count). The normalized spacial score (nSPS) is 22.5. The summed E-state index contributed by atoms with van der Waals surface area (Å²) in [6, 6.07) is 0.344. The van der Waals surface area contributed by atoms with Crippen LogP contribution < -0.4 is 16.2 Å². The highest BCUT2D eigenvalue weighted by Crippen LogP contribution is 2.30. The Labute approximate surface area is 127 Å². The van der Waals surface area contributed by atoms with Gasteiger partial charge in [-0.2, -0.15) is 0 Å². The Kier molecular flexibility index (Phi) is 4.71. The van der Waals surface area contributed by atoms with E-state index in [0.29, 0.717) is 24.3 Å². The molecule has 1 aromatic heterocycles. The van der Waals surface area contributed by atoms with Gasteiger partial charge in [0.1, 0.15) is 0 Å². The summed E-state index contributed by atoms with van der Waals surface area (Å²) >= 11 is 0. The van der Waals surface area contributed by atoms with Gasteiger partial charge in [0.2, 0.25) is 0 Å². The van der Waals surface area contributed by atoms with Gasteiger partial charge in [-0.15, -0.1) is 0 Å². The molecule has 1 aromatic rings. The first kappa shape index (κ1) is 16.0. The lowest BCUT2D eigenvalue weighted by Crippen LogP contribution is -2.45. The van der Waals surface area contributed by atoms with Crippen LogP contribution in [0.3, 0.4) is 0 Å². The van der Waals surface area contributed by atoms with Crippen LogP contribution >= 0.6 is 0 Å². The molecule has 0 amide bonds. The molecule has 0 radical (unpaired) electrons. The van der Waals surface area contributed by atoms with Crippen LogP contribution in [0.15, 0.2) is 17.2 Å². The van der Waals surface area contributed by atoms with Gasteiger partial charge in [-0.25, -0.2) is 4.98 Å². The Morgan fingerprint density at radius 2 is 2.14 bits per heavy atom. The van der Waals surface area contributed by atoms with E-state index in [1.54, 1.807) is 17.0 Å². The molecule has 0 aromatic carbocycles. The van der Waals surface area contributed by atoms with E-state index in [2.05, 4.69) is 16.8 Å². The van der Waals surface area contributed by atoms with Crippen molar-refractivity contribution in [3.63, 3.8) is 0 Å². The molecule has 2 N–H and O–H groups in total. The summed E-state index contributed by atoms with van der Waals surface area (Å²) < 4.78 is 1.77. The Hall–Kier alpha value is -1.36. The number of hydrogen-bond donors (Lipinski definition) is 1. The number of nitrogens with two attached hydrogens (primary N) is 1. The number of rotatable bonds is 4. The van der Waals surface area contributed by atoms with Crippen molar-refractivity contribution in [1.82, 2.24) is 9.55 Å². The largest absolute Gasteiger partial charge is 0.349 e. The number of aromatic nitrogens is 2. The van der Waals surface area contributed by atoms with Gasteiger partial charge in [0.15, 0.2) is 5.82 Å². The average Bonchev–Trinajstić information content (AvgIpc) is 2.88. The highest BCUT2D eigenvalue weighted by atomic mass is 16.1. The Morgan fingerprint density at radius 3 is 2.71 bits per heavy atom. The third kappa shape index (κ3) is 3.12. The third-order valence-corrected chi connectivity index (χ3v) is 4.48. The topological polar surface area (TPSA) is 64.2 Å². The second-order valence-electron chi connectivity index (χ2n) is 6.88. The minimum absolute atomic E-state index is 0.00507. The monoisotopic (exact) mass is 292 g/mol. The van der Waals surface area contributed by atoms with Crippen LogP contribution in [0, 0.1) is 5.92 Å². The molecule has 1 aliphatic rings. The summed E-state index contributed by atoms with van der Waals surface area (Å²) in [6.45, 7) is 9.66. The van der Waals surface area contributed by atoms with Crippen molar-refractivity contribution in [2.75, 3.05) is 18.0 Å². The van der Waals surface area contributed by atoms with E-state index in [4.69, 9.17) is 5.73 Å². The fraction of sp³-hybridized carbons (Fsp3) is 0.750. The lowest BCUT2D eigenvalue weighted by atomic mass is 10.0. The SMILES string of the molecule is CCN(c1nccn(C(C)(C)C)c1=O)C1CCCC1CN. The zero-order valence-corrected chi connectivity index (χ0v) is 13.7. The van der Waals surface area contributed by atoms with Gasteiger partial charge in [0.05, 0.1) is 0 Å². The quantitative estimate of drug-likeness (QED) is 0.921. The van der Waals surface area contributed by atoms with Crippen molar-refractivity contribution < 1.29 is 0 Å². The minimum Gasteiger partial charge on any atom is -0.349 e. The number of hydrogen-bond acceptors (Lipinski definition) is 4. The lowest BCUT2D eigenvalue weighted by molar-refractivity contribution is 0.380. The van der Waals surface area contributed by atoms with Crippen molar-refractivity contribution in [2.24, 2.45) is 11.7 Å². The Balaban J connectivity index is 2.42. The third-order valence-electron chi connectivity index (χ3n) is 4.48. The fourth-order valence-electron chi connectivity index (χ4n) is 3.37. The van der Waals surface area contributed by atoms with Gasteiger partial charge < -0.3 is 15.2 Å². The Bertz CT molecular complexity index is 532. The zero-order chi connectivity index (χ0) is 15.6. The second-order valence-corrected chi connectivity index (χ2v) is 6.88. The van der Waals surface area contributed by atoms with Gasteiger partial charge >= 0.3 is 0 Å².